The molecule has 1 aliphatic heterocycles. The second-order valence-corrected chi connectivity index (χ2v) is 9.99. The summed E-state index contributed by atoms with van der Waals surface area (Å²) in [4.78, 5) is 30.2. The largest absolute Gasteiger partial charge is 0.372 e. The number of carbonyl (C=O) groups is 2. The highest BCUT2D eigenvalue weighted by Gasteiger charge is 2.39. The van der Waals surface area contributed by atoms with Crippen LogP contribution in [0.3, 0.4) is 0 Å². The van der Waals surface area contributed by atoms with Crippen molar-refractivity contribution in [3.63, 3.8) is 0 Å². The molecule has 1 unspecified atom stereocenters. The van der Waals surface area contributed by atoms with Crippen LogP contribution >= 0.6 is 0 Å². The Kier molecular flexibility index (Phi) is 6.41. The predicted octanol–water partition coefficient (Wildman–Crippen LogP) is 3.71. The summed E-state index contributed by atoms with van der Waals surface area (Å²) in [5.41, 5.74) is 4.05. The van der Waals surface area contributed by atoms with Gasteiger partial charge in [0.1, 0.15) is 0 Å². The van der Waals surface area contributed by atoms with Gasteiger partial charge in [-0.25, -0.2) is 13.6 Å². The molecule has 2 aromatic rings. The molecule has 0 spiro atoms. The van der Waals surface area contributed by atoms with Gasteiger partial charge in [-0.2, -0.15) is 0 Å². The molecule has 1 aliphatic carbocycles. The molecule has 0 fully saturated rings. The zero-order valence-corrected chi connectivity index (χ0v) is 19.8. The summed E-state index contributed by atoms with van der Waals surface area (Å²) in [6.45, 7) is 6.04. The van der Waals surface area contributed by atoms with E-state index in [1.54, 1.807) is 17.0 Å². The van der Waals surface area contributed by atoms with Gasteiger partial charge >= 0.3 is 0 Å². The number of nitrogens with zero attached hydrogens (tertiary/aromatic N) is 2. The molecular formula is C25H29N3O4S. The van der Waals surface area contributed by atoms with Gasteiger partial charge in [0.2, 0.25) is 15.9 Å². The Morgan fingerprint density at radius 3 is 2.18 bits per heavy atom. The minimum Gasteiger partial charge on any atom is -0.372 e. The highest BCUT2D eigenvalue weighted by atomic mass is 32.2. The van der Waals surface area contributed by atoms with E-state index in [-0.39, 0.29) is 28.9 Å². The zero-order valence-electron chi connectivity index (χ0n) is 19.0. The van der Waals surface area contributed by atoms with E-state index in [1.165, 1.54) is 12.1 Å². The van der Waals surface area contributed by atoms with Crippen molar-refractivity contribution in [3.8, 4) is 0 Å². The minimum absolute atomic E-state index is 0.0178. The van der Waals surface area contributed by atoms with E-state index in [0.29, 0.717) is 30.5 Å². The van der Waals surface area contributed by atoms with Gasteiger partial charge in [-0.05, 0) is 68.7 Å². The number of sulfonamides is 1. The number of hydrogen-bond acceptors (Lipinski definition) is 5. The first kappa shape index (κ1) is 23.2. The quantitative estimate of drug-likeness (QED) is 0.698. The van der Waals surface area contributed by atoms with Crippen molar-refractivity contribution in [1.29, 1.82) is 0 Å². The number of primary sulfonamides is 1. The van der Waals surface area contributed by atoms with E-state index >= 15 is 0 Å². The van der Waals surface area contributed by atoms with Gasteiger partial charge in [0.15, 0.2) is 5.78 Å². The Hall–Kier alpha value is -2.97. The number of carbonyl (C=O) groups excluding carboxylic acids is 2. The first-order chi connectivity index (χ1) is 15.7. The van der Waals surface area contributed by atoms with Crippen molar-refractivity contribution >= 4 is 33.1 Å². The molecule has 0 saturated heterocycles. The Balaban J connectivity index is 1.74. The number of anilines is 2. The molecule has 1 amide bonds. The maximum Gasteiger partial charge on any atom is 0.238 e. The molecule has 1 atom stereocenters. The number of allylic oxidation sites excluding steroid dienone is 2. The second kappa shape index (κ2) is 9.11. The molecule has 174 valence electrons. The number of Topliss-reactive ketones (excluding diaryl/α,β-unsaturated/α-hetero) is 1. The number of benzene rings is 2. The molecule has 1 heterocycles. The lowest BCUT2D eigenvalue weighted by Gasteiger charge is -2.38. The summed E-state index contributed by atoms with van der Waals surface area (Å²) in [6, 6.07) is 14.1. The monoisotopic (exact) mass is 467 g/mol. The van der Waals surface area contributed by atoms with Crippen LogP contribution in [0.1, 0.15) is 51.0 Å². The zero-order chi connectivity index (χ0) is 23.8. The van der Waals surface area contributed by atoms with Crippen molar-refractivity contribution in [2.75, 3.05) is 22.9 Å². The van der Waals surface area contributed by atoms with Crippen LogP contribution < -0.4 is 14.9 Å². The Bertz CT molecular complexity index is 1200. The van der Waals surface area contributed by atoms with E-state index < -0.39 is 10.0 Å². The normalized spacial score (nSPS) is 19.0. The van der Waals surface area contributed by atoms with Gasteiger partial charge in [0, 0.05) is 54.5 Å². The summed E-state index contributed by atoms with van der Waals surface area (Å²) >= 11 is 0. The minimum atomic E-state index is -3.83. The van der Waals surface area contributed by atoms with Crippen LogP contribution in [0.25, 0.3) is 0 Å². The van der Waals surface area contributed by atoms with Crippen molar-refractivity contribution in [1.82, 2.24) is 0 Å². The van der Waals surface area contributed by atoms with E-state index in [0.717, 1.165) is 30.0 Å². The first-order valence-electron chi connectivity index (χ1n) is 11.3. The van der Waals surface area contributed by atoms with Crippen molar-refractivity contribution < 1.29 is 18.0 Å². The molecule has 8 heteroatoms. The molecule has 0 aromatic heterocycles. The molecule has 2 aliphatic rings. The maximum absolute atomic E-state index is 13.3. The standard InChI is InChI=1S/C25H29N3O4S/c1-3-27(4-2)18-10-8-17(9-11-18)21-16-24(30)28(22-6-5-7-23(29)25(21)22)19-12-14-20(15-13-19)33(26,31)32/h8-15,21H,3-7,16H2,1-2H3,(H2,26,31,32). The third-order valence-electron chi connectivity index (χ3n) is 6.52. The fourth-order valence-electron chi connectivity index (χ4n) is 4.87. The second-order valence-electron chi connectivity index (χ2n) is 8.43. The van der Waals surface area contributed by atoms with Gasteiger partial charge in [-0.15, -0.1) is 0 Å². The lowest BCUT2D eigenvalue weighted by Crippen LogP contribution is -2.40. The number of nitrogens with two attached hydrogens (primary N) is 1. The summed E-state index contributed by atoms with van der Waals surface area (Å²) in [5.74, 6) is -0.302. The Morgan fingerprint density at radius 1 is 0.970 bits per heavy atom. The molecule has 0 radical (unpaired) electrons. The van der Waals surface area contributed by atoms with Crippen LogP contribution in [0.5, 0.6) is 0 Å². The van der Waals surface area contributed by atoms with Crippen LogP contribution in [0, 0.1) is 0 Å². The maximum atomic E-state index is 13.3. The molecular weight excluding hydrogens is 438 g/mol. The number of ketones is 1. The number of amides is 1. The lowest BCUT2D eigenvalue weighted by atomic mass is 9.77. The van der Waals surface area contributed by atoms with Crippen LogP contribution in [0.15, 0.2) is 64.7 Å². The molecule has 33 heavy (non-hydrogen) atoms. The van der Waals surface area contributed by atoms with Gasteiger partial charge in [0.05, 0.1) is 4.90 Å². The average molecular weight is 468 g/mol. The van der Waals surface area contributed by atoms with Gasteiger partial charge < -0.3 is 4.90 Å². The topological polar surface area (TPSA) is 101 Å². The third-order valence-corrected chi connectivity index (χ3v) is 7.45. The molecule has 2 aromatic carbocycles. The molecule has 2 N–H and O–H groups in total. The molecule has 0 bridgehead atoms. The Labute approximate surface area is 194 Å². The third kappa shape index (κ3) is 4.45. The first-order valence-corrected chi connectivity index (χ1v) is 12.9. The average Bonchev–Trinajstić information content (AvgIpc) is 2.79. The lowest BCUT2D eigenvalue weighted by molar-refractivity contribution is -0.119. The van der Waals surface area contributed by atoms with E-state index in [1.807, 2.05) is 12.1 Å². The fraction of sp³-hybridized carbons (Fsp3) is 0.360. The predicted molar refractivity (Wildman–Crippen MR) is 129 cm³/mol. The summed E-state index contributed by atoms with van der Waals surface area (Å²) in [6.07, 6.45) is 1.97. The number of hydrogen-bond donors (Lipinski definition) is 1. The van der Waals surface area contributed by atoms with Crippen LogP contribution in [-0.4, -0.2) is 33.2 Å². The van der Waals surface area contributed by atoms with Crippen LogP contribution in [0.2, 0.25) is 0 Å². The fourth-order valence-corrected chi connectivity index (χ4v) is 5.38. The Morgan fingerprint density at radius 2 is 1.61 bits per heavy atom. The highest BCUT2D eigenvalue weighted by molar-refractivity contribution is 7.89. The van der Waals surface area contributed by atoms with Crippen molar-refractivity contribution in [3.05, 3.63) is 65.4 Å². The summed E-state index contributed by atoms with van der Waals surface area (Å²) in [5, 5.41) is 5.20. The summed E-state index contributed by atoms with van der Waals surface area (Å²) in [7, 11) is -3.83. The van der Waals surface area contributed by atoms with Gasteiger partial charge in [0.25, 0.3) is 0 Å². The van der Waals surface area contributed by atoms with Crippen molar-refractivity contribution in [2.45, 2.75) is 50.3 Å². The van der Waals surface area contributed by atoms with E-state index in [2.05, 4.69) is 30.9 Å². The van der Waals surface area contributed by atoms with Gasteiger partial charge in [-0.3, -0.25) is 14.5 Å². The van der Waals surface area contributed by atoms with Gasteiger partial charge in [-0.1, -0.05) is 12.1 Å². The number of rotatable bonds is 6. The SMILES string of the molecule is CCN(CC)c1ccc(C2CC(=O)N(c3ccc(S(N)(=O)=O)cc3)C3=C2C(=O)CCC3)cc1. The summed E-state index contributed by atoms with van der Waals surface area (Å²) < 4.78 is 23.2. The smallest absolute Gasteiger partial charge is 0.238 e. The van der Waals surface area contributed by atoms with Crippen molar-refractivity contribution in [2.24, 2.45) is 5.14 Å². The molecule has 4 rings (SSSR count). The molecule has 0 saturated carbocycles. The highest BCUT2D eigenvalue weighted by Crippen LogP contribution is 2.43. The van der Waals surface area contributed by atoms with E-state index in [9.17, 15) is 18.0 Å². The van der Waals surface area contributed by atoms with Crippen LogP contribution in [0.4, 0.5) is 11.4 Å². The van der Waals surface area contributed by atoms with Crippen LogP contribution in [-0.2, 0) is 19.6 Å². The molecule has 7 nitrogen and oxygen atoms in total. The van der Waals surface area contributed by atoms with E-state index in [4.69, 9.17) is 5.14 Å².